The number of imidazole rings is 1. The molecule has 1 N–H and O–H groups in total. The lowest BCUT2D eigenvalue weighted by Crippen LogP contribution is -2.31. The Morgan fingerprint density at radius 1 is 1.20 bits per heavy atom. The molecule has 1 atom stereocenters. The minimum Gasteiger partial charge on any atom is -0.349 e. The van der Waals surface area contributed by atoms with Crippen LogP contribution >= 0.6 is 11.3 Å². The first-order valence-corrected chi connectivity index (χ1v) is 9.24. The second-order valence-corrected chi connectivity index (χ2v) is 7.17. The van der Waals surface area contributed by atoms with E-state index in [0.29, 0.717) is 6.54 Å². The molecule has 0 radical (unpaired) electrons. The van der Waals surface area contributed by atoms with Gasteiger partial charge in [-0.3, -0.25) is 4.79 Å². The molecule has 3 aromatic rings. The van der Waals surface area contributed by atoms with Gasteiger partial charge in [-0.2, -0.15) is 0 Å². The summed E-state index contributed by atoms with van der Waals surface area (Å²) in [6, 6.07) is 9.73. The van der Waals surface area contributed by atoms with E-state index >= 15 is 0 Å². The third-order valence-corrected chi connectivity index (χ3v) is 4.96. The second kappa shape index (κ2) is 7.61. The van der Waals surface area contributed by atoms with E-state index in [4.69, 9.17) is 0 Å². The first-order valence-electron chi connectivity index (χ1n) is 8.36. The smallest absolute Gasteiger partial charge is 0.243 e. The molecule has 3 rings (SSSR count). The van der Waals surface area contributed by atoms with Crippen LogP contribution in [-0.4, -0.2) is 20.4 Å². The van der Waals surface area contributed by atoms with E-state index in [9.17, 15) is 4.79 Å². The number of thiazole rings is 1. The van der Waals surface area contributed by atoms with Crippen molar-refractivity contribution in [3.8, 4) is 11.3 Å². The zero-order valence-electron chi connectivity index (χ0n) is 14.6. The average molecular weight is 354 g/mol. The molecule has 2 heterocycles. The lowest BCUT2D eigenvalue weighted by Gasteiger charge is -2.17. The van der Waals surface area contributed by atoms with Crippen LogP contribution in [-0.2, 0) is 11.3 Å². The number of amides is 1. The minimum atomic E-state index is -0.298. The highest BCUT2D eigenvalue weighted by Crippen LogP contribution is 2.25. The molecule has 25 heavy (non-hydrogen) atoms. The predicted molar refractivity (Wildman–Crippen MR) is 100 cm³/mol. The van der Waals surface area contributed by atoms with Gasteiger partial charge in [0.15, 0.2) is 0 Å². The summed E-state index contributed by atoms with van der Waals surface area (Å²) in [5.74, 6) is 1.18. The molecule has 0 fully saturated rings. The number of aromatic nitrogens is 3. The molecule has 6 heteroatoms. The van der Waals surface area contributed by atoms with E-state index in [1.807, 2.05) is 53.5 Å². The standard InChI is InChI=1S/C19H22N4OS/c1-13(2)18-20-9-10-23(18)14(3)19(24)21-11-16-17(22-12-25-16)15-7-5-4-6-8-15/h4-10,12-14H,11H2,1-3H3,(H,21,24)/t14-/m1/s1. The van der Waals surface area contributed by atoms with Gasteiger partial charge in [-0.1, -0.05) is 44.2 Å². The van der Waals surface area contributed by atoms with Crippen LogP contribution in [0.1, 0.15) is 43.4 Å². The van der Waals surface area contributed by atoms with Gasteiger partial charge in [0.05, 0.1) is 22.6 Å². The first-order chi connectivity index (χ1) is 12.1. The molecule has 2 aromatic heterocycles. The van der Waals surface area contributed by atoms with E-state index in [2.05, 4.69) is 29.1 Å². The molecular weight excluding hydrogens is 332 g/mol. The van der Waals surface area contributed by atoms with Crippen LogP contribution in [0.5, 0.6) is 0 Å². The van der Waals surface area contributed by atoms with Crippen LogP contribution in [0, 0.1) is 0 Å². The number of carbonyl (C=O) groups is 1. The van der Waals surface area contributed by atoms with E-state index in [1.54, 1.807) is 17.5 Å². The maximum atomic E-state index is 12.6. The summed E-state index contributed by atoms with van der Waals surface area (Å²) >= 11 is 1.56. The highest BCUT2D eigenvalue weighted by atomic mass is 32.1. The first kappa shape index (κ1) is 17.4. The van der Waals surface area contributed by atoms with Crippen LogP contribution in [0.15, 0.2) is 48.2 Å². The lowest BCUT2D eigenvalue weighted by molar-refractivity contribution is -0.124. The van der Waals surface area contributed by atoms with Crippen molar-refractivity contribution >= 4 is 17.2 Å². The molecule has 0 aliphatic heterocycles. The molecule has 0 spiro atoms. The van der Waals surface area contributed by atoms with Gasteiger partial charge in [0.2, 0.25) is 5.91 Å². The summed E-state index contributed by atoms with van der Waals surface area (Å²) in [6.07, 6.45) is 3.61. The van der Waals surface area contributed by atoms with E-state index < -0.39 is 0 Å². The van der Waals surface area contributed by atoms with Crippen molar-refractivity contribution in [2.24, 2.45) is 0 Å². The second-order valence-electron chi connectivity index (χ2n) is 6.23. The lowest BCUT2D eigenvalue weighted by atomic mass is 10.1. The van der Waals surface area contributed by atoms with Crippen LogP contribution in [0.4, 0.5) is 0 Å². The Morgan fingerprint density at radius 3 is 2.68 bits per heavy atom. The van der Waals surface area contributed by atoms with Gasteiger partial charge < -0.3 is 9.88 Å². The monoisotopic (exact) mass is 354 g/mol. The molecule has 1 aromatic carbocycles. The number of nitrogens with one attached hydrogen (secondary N) is 1. The van der Waals surface area contributed by atoms with E-state index in [-0.39, 0.29) is 17.9 Å². The predicted octanol–water partition coefficient (Wildman–Crippen LogP) is 4.01. The molecule has 0 aliphatic rings. The molecule has 0 bridgehead atoms. The van der Waals surface area contributed by atoms with Crippen molar-refractivity contribution in [3.63, 3.8) is 0 Å². The summed E-state index contributed by atoms with van der Waals surface area (Å²) in [6.45, 7) is 6.53. The Balaban J connectivity index is 1.69. The Bertz CT molecular complexity index is 838. The number of rotatable bonds is 6. The topological polar surface area (TPSA) is 59.8 Å². The minimum absolute atomic E-state index is 0.0210. The largest absolute Gasteiger partial charge is 0.349 e. The van der Waals surface area contributed by atoms with Crippen LogP contribution in [0.2, 0.25) is 0 Å². The normalized spacial score (nSPS) is 12.3. The Kier molecular flexibility index (Phi) is 5.28. The summed E-state index contributed by atoms with van der Waals surface area (Å²) in [7, 11) is 0. The molecule has 130 valence electrons. The number of hydrogen-bond donors (Lipinski definition) is 1. The van der Waals surface area contributed by atoms with Crippen molar-refractivity contribution in [1.82, 2.24) is 19.9 Å². The van der Waals surface area contributed by atoms with Crippen molar-refractivity contribution in [2.45, 2.75) is 39.3 Å². The van der Waals surface area contributed by atoms with Gasteiger partial charge in [0, 0.05) is 23.9 Å². The van der Waals surface area contributed by atoms with Crippen LogP contribution < -0.4 is 5.32 Å². The zero-order chi connectivity index (χ0) is 17.8. The quantitative estimate of drug-likeness (QED) is 0.728. The summed E-state index contributed by atoms with van der Waals surface area (Å²) in [5, 5.41) is 3.03. The van der Waals surface area contributed by atoms with Crippen LogP contribution in [0.25, 0.3) is 11.3 Å². The SMILES string of the molecule is CC(C)c1nccn1[C@H](C)C(=O)NCc1scnc1-c1ccccc1. The zero-order valence-corrected chi connectivity index (χ0v) is 15.5. The van der Waals surface area contributed by atoms with E-state index in [0.717, 1.165) is 22.0 Å². The highest BCUT2D eigenvalue weighted by Gasteiger charge is 2.19. The average Bonchev–Trinajstić information content (AvgIpc) is 3.28. The van der Waals surface area contributed by atoms with Crippen molar-refractivity contribution in [2.75, 3.05) is 0 Å². The summed E-state index contributed by atoms with van der Waals surface area (Å²) < 4.78 is 1.94. The number of hydrogen-bond acceptors (Lipinski definition) is 4. The fourth-order valence-electron chi connectivity index (χ4n) is 2.77. The Labute approximate surface area is 151 Å². The van der Waals surface area contributed by atoms with Crippen molar-refractivity contribution < 1.29 is 4.79 Å². The number of carbonyl (C=O) groups excluding carboxylic acids is 1. The highest BCUT2D eigenvalue weighted by molar-refractivity contribution is 7.10. The summed E-state index contributed by atoms with van der Waals surface area (Å²) in [4.78, 5) is 22.4. The van der Waals surface area contributed by atoms with Gasteiger partial charge in [-0.15, -0.1) is 11.3 Å². The van der Waals surface area contributed by atoms with Gasteiger partial charge in [-0.05, 0) is 6.92 Å². The molecule has 5 nitrogen and oxygen atoms in total. The fourth-order valence-corrected chi connectivity index (χ4v) is 3.49. The molecule has 0 saturated heterocycles. The van der Waals surface area contributed by atoms with Gasteiger partial charge in [0.25, 0.3) is 0 Å². The molecule has 0 unspecified atom stereocenters. The maximum Gasteiger partial charge on any atom is 0.243 e. The van der Waals surface area contributed by atoms with Crippen LogP contribution in [0.3, 0.4) is 0 Å². The maximum absolute atomic E-state index is 12.6. The van der Waals surface area contributed by atoms with Gasteiger partial charge in [-0.25, -0.2) is 9.97 Å². The number of nitrogens with zero attached hydrogens (tertiary/aromatic N) is 3. The third-order valence-electron chi connectivity index (χ3n) is 4.12. The van der Waals surface area contributed by atoms with Gasteiger partial charge >= 0.3 is 0 Å². The van der Waals surface area contributed by atoms with E-state index in [1.165, 1.54) is 0 Å². The molecule has 1 amide bonds. The van der Waals surface area contributed by atoms with Gasteiger partial charge in [0.1, 0.15) is 11.9 Å². The number of benzene rings is 1. The molecule has 0 aliphatic carbocycles. The molecule has 0 saturated carbocycles. The Hall–Kier alpha value is -2.47. The third kappa shape index (κ3) is 3.79. The summed E-state index contributed by atoms with van der Waals surface area (Å²) in [5.41, 5.74) is 3.82. The molecular formula is C19H22N4OS. The van der Waals surface area contributed by atoms with Crippen molar-refractivity contribution in [1.29, 1.82) is 0 Å². The Morgan fingerprint density at radius 2 is 1.96 bits per heavy atom. The van der Waals surface area contributed by atoms with Crippen molar-refractivity contribution in [3.05, 3.63) is 58.9 Å². The fraction of sp³-hybridized carbons (Fsp3) is 0.316.